The number of hydrogen-bond donors (Lipinski definition) is 1. The van der Waals surface area contributed by atoms with Crippen LogP contribution in [0.3, 0.4) is 0 Å². The third-order valence-electron chi connectivity index (χ3n) is 3.79. The zero-order chi connectivity index (χ0) is 14.4. The lowest BCUT2D eigenvalue weighted by Gasteiger charge is -2.16. The van der Waals surface area contributed by atoms with Crippen molar-refractivity contribution in [3.05, 3.63) is 30.1 Å². The highest BCUT2D eigenvalue weighted by molar-refractivity contribution is 5.75. The number of benzene rings is 1. The van der Waals surface area contributed by atoms with E-state index < -0.39 is 0 Å². The van der Waals surface area contributed by atoms with Gasteiger partial charge >= 0.3 is 0 Å². The Labute approximate surface area is 121 Å². The molecule has 1 aromatic carbocycles. The molecule has 0 fully saturated rings. The first-order valence-corrected chi connectivity index (χ1v) is 7.40. The number of rotatable bonds is 8. The summed E-state index contributed by atoms with van der Waals surface area (Å²) in [4.78, 5) is 4.79. The van der Waals surface area contributed by atoms with Crippen LogP contribution in [0.25, 0.3) is 11.0 Å². The normalized spacial score (nSPS) is 12.9. The maximum Gasteiger partial charge on any atom is 0.111 e. The highest BCUT2D eigenvalue weighted by Gasteiger charge is 2.14. The van der Waals surface area contributed by atoms with Crippen LogP contribution in [0.2, 0.25) is 0 Å². The van der Waals surface area contributed by atoms with Crippen LogP contribution in [-0.2, 0) is 17.7 Å². The van der Waals surface area contributed by atoms with Crippen LogP contribution < -0.4 is 5.32 Å². The average molecular weight is 275 g/mol. The van der Waals surface area contributed by atoms with Gasteiger partial charge in [-0.1, -0.05) is 12.1 Å². The van der Waals surface area contributed by atoms with Crippen molar-refractivity contribution in [3.63, 3.8) is 0 Å². The molecule has 1 aromatic heterocycles. The predicted molar refractivity (Wildman–Crippen MR) is 83.1 cm³/mol. The molecule has 2 rings (SSSR count). The molecule has 0 aliphatic carbocycles. The summed E-state index contributed by atoms with van der Waals surface area (Å²) >= 11 is 0. The van der Waals surface area contributed by atoms with Crippen molar-refractivity contribution < 1.29 is 4.74 Å². The molecule has 1 unspecified atom stereocenters. The molecular formula is C16H25N3O. The molecule has 0 spiro atoms. The van der Waals surface area contributed by atoms with Crippen molar-refractivity contribution >= 4 is 11.0 Å². The van der Waals surface area contributed by atoms with Gasteiger partial charge in [-0.25, -0.2) is 4.98 Å². The Balaban J connectivity index is 2.14. The molecule has 1 heterocycles. The Kier molecular flexibility index (Phi) is 5.56. The standard InChI is InChI=1S/C16H25N3O/c1-4-19-15-10-6-5-9-14(15)18-16(19)12-13(17-2)8-7-11-20-3/h5-6,9-10,13,17H,4,7-8,11-12H2,1-3H3. The van der Waals surface area contributed by atoms with E-state index in [1.807, 2.05) is 13.1 Å². The highest BCUT2D eigenvalue weighted by Crippen LogP contribution is 2.17. The second kappa shape index (κ2) is 7.41. The molecule has 110 valence electrons. The van der Waals surface area contributed by atoms with Crippen LogP contribution >= 0.6 is 0 Å². The Morgan fingerprint density at radius 2 is 2.15 bits per heavy atom. The number of nitrogens with zero attached hydrogens (tertiary/aromatic N) is 2. The topological polar surface area (TPSA) is 39.1 Å². The zero-order valence-electron chi connectivity index (χ0n) is 12.7. The van der Waals surface area contributed by atoms with Gasteiger partial charge in [0.2, 0.25) is 0 Å². The summed E-state index contributed by atoms with van der Waals surface area (Å²) in [6.45, 7) is 3.96. The number of hydrogen-bond acceptors (Lipinski definition) is 3. The molecule has 0 amide bonds. The van der Waals surface area contributed by atoms with Crippen molar-refractivity contribution in [2.45, 2.75) is 38.8 Å². The lowest BCUT2D eigenvalue weighted by atomic mass is 10.1. The molecule has 0 saturated carbocycles. The van der Waals surface area contributed by atoms with E-state index in [2.05, 4.69) is 35.0 Å². The number of nitrogens with one attached hydrogen (secondary N) is 1. The first kappa shape index (κ1) is 15.0. The summed E-state index contributed by atoms with van der Waals surface area (Å²) in [5, 5.41) is 3.40. The maximum atomic E-state index is 5.13. The van der Waals surface area contributed by atoms with E-state index in [0.717, 1.165) is 37.9 Å². The van der Waals surface area contributed by atoms with E-state index in [-0.39, 0.29) is 0 Å². The van der Waals surface area contributed by atoms with Crippen molar-refractivity contribution in [2.75, 3.05) is 20.8 Å². The van der Waals surface area contributed by atoms with Gasteiger partial charge in [-0.05, 0) is 38.9 Å². The van der Waals surface area contributed by atoms with Crippen LogP contribution in [0, 0.1) is 0 Å². The van der Waals surface area contributed by atoms with Crippen molar-refractivity contribution in [1.82, 2.24) is 14.9 Å². The smallest absolute Gasteiger partial charge is 0.111 e. The molecular weight excluding hydrogens is 250 g/mol. The van der Waals surface area contributed by atoms with Gasteiger partial charge in [0.15, 0.2) is 0 Å². The number of fused-ring (bicyclic) bond motifs is 1. The van der Waals surface area contributed by atoms with Gasteiger partial charge in [-0.2, -0.15) is 0 Å². The molecule has 1 atom stereocenters. The number of aromatic nitrogens is 2. The Hall–Kier alpha value is -1.39. The number of imidazole rings is 1. The summed E-state index contributed by atoms with van der Waals surface area (Å²) in [7, 11) is 3.78. The van der Waals surface area contributed by atoms with Gasteiger partial charge in [-0.15, -0.1) is 0 Å². The molecule has 20 heavy (non-hydrogen) atoms. The molecule has 2 aromatic rings. The summed E-state index contributed by atoms with van der Waals surface area (Å²) in [6.07, 6.45) is 3.15. The molecule has 0 radical (unpaired) electrons. The largest absolute Gasteiger partial charge is 0.385 e. The molecule has 4 nitrogen and oxygen atoms in total. The van der Waals surface area contributed by atoms with E-state index in [1.165, 1.54) is 11.3 Å². The number of methoxy groups -OCH3 is 1. The molecule has 0 bridgehead atoms. The first-order valence-electron chi connectivity index (χ1n) is 7.40. The Morgan fingerprint density at radius 3 is 2.85 bits per heavy atom. The summed E-state index contributed by atoms with van der Waals surface area (Å²) in [5.41, 5.74) is 2.33. The van der Waals surface area contributed by atoms with Gasteiger partial charge in [0.1, 0.15) is 5.82 Å². The number of para-hydroxylation sites is 2. The molecule has 0 aliphatic rings. The van der Waals surface area contributed by atoms with Crippen LogP contribution in [0.5, 0.6) is 0 Å². The monoisotopic (exact) mass is 275 g/mol. The molecule has 0 saturated heterocycles. The van der Waals surface area contributed by atoms with Crippen molar-refractivity contribution in [3.8, 4) is 0 Å². The summed E-state index contributed by atoms with van der Waals surface area (Å²) < 4.78 is 7.45. The van der Waals surface area contributed by atoms with E-state index >= 15 is 0 Å². The second-order valence-electron chi connectivity index (χ2n) is 5.09. The first-order chi connectivity index (χ1) is 9.80. The number of aryl methyl sites for hydroxylation is 1. The van der Waals surface area contributed by atoms with Gasteiger partial charge in [0.05, 0.1) is 11.0 Å². The second-order valence-corrected chi connectivity index (χ2v) is 5.09. The minimum atomic E-state index is 0.451. The third-order valence-corrected chi connectivity index (χ3v) is 3.79. The fourth-order valence-corrected chi connectivity index (χ4v) is 2.68. The number of ether oxygens (including phenoxy) is 1. The zero-order valence-corrected chi connectivity index (χ0v) is 12.7. The lowest BCUT2D eigenvalue weighted by molar-refractivity contribution is 0.189. The highest BCUT2D eigenvalue weighted by atomic mass is 16.5. The van der Waals surface area contributed by atoms with E-state index in [1.54, 1.807) is 7.11 Å². The minimum absolute atomic E-state index is 0.451. The fraction of sp³-hybridized carbons (Fsp3) is 0.562. The fourth-order valence-electron chi connectivity index (χ4n) is 2.68. The lowest BCUT2D eigenvalue weighted by Crippen LogP contribution is -2.29. The van der Waals surface area contributed by atoms with Crippen LogP contribution in [0.1, 0.15) is 25.6 Å². The van der Waals surface area contributed by atoms with E-state index in [4.69, 9.17) is 9.72 Å². The van der Waals surface area contributed by atoms with Gasteiger partial charge < -0.3 is 14.6 Å². The molecule has 0 aliphatic heterocycles. The summed E-state index contributed by atoms with van der Waals surface area (Å²) in [6, 6.07) is 8.81. The van der Waals surface area contributed by atoms with Crippen LogP contribution in [0.4, 0.5) is 0 Å². The van der Waals surface area contributed by atoms with Gasteiger partial charge in [0.25, 0.3) is 0 Å². The van der Waals surface area contributed by atoms with Crippen LogP contribution in [0.15, 0.2) is 24.3 Å². The van der Waals surface area contributed by atoms with E-state index in [9.17, 15) is 0 Å². The SMILES string of the molecule is CCn1c(CC(CCCOC)NC)nc2ccccc21. The van der Waals surface area contributed by atoms with Crippen molar-refractivity contribution in [1.29, 1.82) is 0 Å². The van der Waals surface area contributed by atoms with Crippen molar-refractivity contribution in [2.24, 2.45) is 0 Å². The Bertz CT molecular complexity index is 536. The Morgan fingerprint density at radius 1 is 1.35 bits per heavy atom. The van der Waals surface area contributed by atoms with Gasteiger partial charge in [-0.3, -0.25) is 0 Å². The molecule has 4 heteroatoms. The maximum absolute atomic E-state index is 5.13. The third kappa shape index (κ3) is 3.38. The molecule has 1 N–H and O–H groups in total. The quantitative estimate of drug-likeness (QED) is 0.753. The van der Waals surface area contributed by atoms with Gasteiger partial charge in [0, 0.05) is 32.7 Å². The minimum Gasteiger partial charge on any atom is -0.385 e. The average Bonchev–Trinajstić information content (AvgIpc) is 2.83. The summed E-state index contributed by atoms with van der Waals surface area (Å²) in [5.74, 6) is 1.17. The number of likely N-dealkylation sites (N-methyl/N-ethyl adjacent to an activating group) is 1. The van der Waals surface area contributed by atoms with E-state index in [0.29, 0.717) is 6.04 Å². The predicted octanol–water partition coefficient (Wildman–Crippen LogP) is 2.61. The van der Waals surface area contributed by atoms with Crippen LogP contribution in [-0.4, -0.2) is 36.4 Å².